The molecular formula is C24H34O4S. The molecule has 4 nitrogen and oxygen atoms in total. The summed E-state index contributed by atoms with van der Waals surface area (Å²) < 4.78 is 18.6. The van der Waals surface area contributed by atoms with Gasteiger partial charge in [0.15, 0.2) is 11.5 Å². The molecule has 0 aliphatic heterocycles. The molecule has 0 aromatic heterocycles. The van der Waals surface area contributed by atoms with Gasteiger partial charge in [-0.05, 0) is 73.9 Å². The predicted molar refractivity (Wildman–Crippen MR) is 119 cm³/mol. The molecule has 5 heteroatoms. The summed E-state index contributed by atoms with van der Waals surface area (Å²) in [6.07, 6.45) is 8.40. The van der Waals surface area contributed by atoms with Crippen molar-refractivity contribution in [3.63, 3.8) is 0 Å². The molecule has 2 N–H and O–H groups in total. The van der Waals surface area contributed by atoms with Gasteiger partial charge in [0.1, 0.15) is 10.6 Å². The van der Waals surface area contributed by atoms with Crippen LogP contribution in [0.5, 0.6) is 17.2 Å². The fraction of sp³-hybridized carbons (Fsp3) is 0.500. The van der Waals surface area contributed by atoms with E-state index < -0.39 is 11.1 Å². The molecule has 29 heavy (non-hydrogen) atoms. The Balaban J connectivity index is 2.25. The Morgan fingerprint density at radius 3 is 1.86 bits per heavy atom. The summed E-state index contributed by atoms with van der Waals surface area (Å²) in [6, 6.07) is 7.38. The van der Waals surface area contributed by atoms with Gasteiger partial charge in [-0.25, -0.2) is 4.21 Å². The minimum absolute atomic E-state index is 0.00657. The van der Waals surface area contributed by atoms with Crippen LogP contribution in [0.3, 0.4) is 0 Å². The van der Waals surface area contributed by atoms with Crippen LogP contribution < -0.4 is 4.18 Å². The highest BCUT2D eigenvalue weighted by Gasteiger charge is 2.18. The molecule has 0 amide bonds. The lowest BCUT2D eigenvalue weighted by Crippen LogP contribution is -2.04. The van der Waals surface area contributed by atoms with Crippen LogP contribution >= 0.6 is 0 Å². The van der Waals surface area contributed by atoms with Crippen LogP contribution in [0, 0.1) is 13.8 Å². The van der Waals surface area contributed by atoms with Crippen molar-refractivity contribution < 1.29 is 18.6 Å². The van der Waals surface area contributed by atoms with Crippen LogP contribution in [0.15, 0.2) is 29.2 Å². The van der Waals surface area contributed by atoms with Gasteiger partial charge in [0.25, 0.3) is 0 Å². The maximum absolute atomic E-state index is 12.9. The molecule has 0 saturated heterocycles. The highest BCUT2D eigenvalue weighted by atomic mass is 32.2. The summed E-state index contributed by atoms with van der Waals surface area (Å²) in [4.78, 5) is 0.255. The fourth-order valence-electron chi connectivity index (χ4n) is 3.40. The standard InChI is InChI=1S/C24H34O4S/c1-5-7-9-11-19-13-17(3)23(25)21(15-19)28-29(27)22-16-20(12-10-8-6-2)14-18(4)24(22)26/h13-16,25-26H,5-12H2,1-4H3. The van der Waals surface area contributed by atoms with Gasteiger partial charge in [-0.3, -0.25) is 0 Å². The molecule has 0 aliphatic carbocycles. The van der Waals surface area contributed by atoms with E-state index in [0.717, 1.165) is 62.5 Å². The van der Waals surface area contributed by atoms with E-state index in [0.29, 0.717) is 11.1 Å². The number of benzene rings is 2. The van der Waals surface area contributed by atoms with Crippen molar-refractivity contribution in [1.82, 2.24) is 0 Å². The Labute approximate surface area is 177 Å². The molecule has 0 heterocycles. The van der Waals surface area contributed by atoms with Crippen molar-refractivity contribution >= 4 is 11.1 Å². The minimum Gasteiger partial charge on any atom is -0.506 e. The molecule has 0 fully saturated rings. The Morgan fingerprint density at radius 1 is 0.793 bits per heavy atom. The highest BCUT2D eigenvalue weighted by molar-refractivity contribution is 7.80. The van der Waals surface area contributed by atoms with Crippen LogP contribution in [0.4, 0.5) is 0 Å². The number of hydrogen-bond acceptors (Lipinski definition) is 4. The van der Waals surface area contributed by atoms with Gasteiger partial charge in [0, 0.05) is 0 Å². The topological polar surface area (TPSA) is 66.8 Å². The van der Waals surface area contributed by atoms with Gasteiger partial charge in [-0.1, -0.05) is 51.7 Å². The minimum atomic E-state index is -1.92. The van der Waals surface area contributed by atoms with E-state index in [2.05, 4.69) is 13.8 Å². The molecule has 0 bridgehead atoms. The zero-order chi connectivity index (χ0) is 21.4. The maximum atomic E-state index is 12.9. The zero-order valence-electron chi connectivity index (χ0n) is 18.1. The molecule has 0 radical (unpaired) electrons. The van der Waals surface area contributed by atoms with Crippen molar-refractivity contribution in [2.24, 2.45) is 0 Å². The number of phenolic OH excluding ortho intramolecular Hbond substituents is 2. The molecule has 2 aromatic rings. The Hall–Kier alpha value is -2.01. The van der Waals surface area contributed by atoms with Crippen molar-refractivity contribution in [3.05, 3.63) is 46.5 Å². The monoisotopic (exact) mass is 418 g/mol. The number of hydrogen-bond donors (Lipinski definition) is 2. The molecule has 2 rings (SSSR count). The van der Waals surface area contributed by atoms with Crippen molar-refractivity contribution in [3.8, 4) is 17.2 Å². The summed E-state index contributed by atoms with van der Waals surface area (Å²) in [6.45, 7) is 7.92. The second kappa shape index (κ2) is 11.2. The van der Waals surface area contributed by atoms with E-state index in [-0.39, 0.29) is 22.1 Å². The van der Waals surface area contributed by atoms with Gasteiger partial charge < -0.3 is 14.4 Å². The summed E-state index contributed by atoms with van der Waals surface area (Å²) in [7, 11) is 0. The first-order valence-electron chi connectivity index (χ1n) is 10.6. The predicted octanol–water partition coefficient (Wildman–Crippen LogP) is 6.28. The third kappa shape index (κ3) is 6.49. The summed E-state index contributed by atoms with van der Waals surface area (Å²) in [5, 5.41) is 20.8. The van der Waals surface area contributed by atoms with Gasteiger partial charge in [0.05, 0.1) is 0 Å². The summed E-state index contributed by atoms with van der Waals surface area (Å²) in [5.41, 5.74) is 3.46. The van der Waals surface area contributed by atoms with E-state index in [1.807, 2.05) is 19.1 Å². The number of phenols is 2. The van der Waals surface area contributed by atoms with Crippen LogP contribution in [-0.4, -0.2) is 14.4 Å². The zero-order valence-corrected chi connectivity index (χ0v) is 18.9. The third-order valence-electron chi connectivity index (χ3n) is 5.13. The van der Waals surface area contributed by atoms with Crippen LogP contribution in [-0.2, 0) is 23.9 Å². The smallest absolute Gasteiger partial charge is 0.244 e. The highest BCUT2D eigenvalue weighted by Crippen LogP contribution is 2.35. The molecule has 1 unspecified atom stereocenters. The largest absolute Gasteiger partial charge is 0.506 e. The number of aromatic hydroxyl groups is 2. The van der Waals surface area contributed by atoms with Crippen LogP contribution in [0.1, 0.15) is 74.6 Å². The lowest BCUT2D eigenvalue weighted by atomic mass is 10.0. The molecule has 2 aromatic carbocycles. The Bertz CT molecular complexity index is 845. The summed E-state index contributed by atoms with van der Waals surface area (Å²) >= 11 is -1.92. The number of aryl methyl sites for hydroxylation is 4. The number of rotatable bonds is 11. The van der Waals surface area contributed by atoms with E-state index in [1.54, 1.807) is 19.1 Å². The van der Waals surface area contributed by atoms with Crippen molar-refractivity contribution in [2.75, 3.05) is 0 Å². The lowest BCUT2D eigenvalue weighted by Gasteiger charge is -2.14. The number of unbranched alkanes of at least 4 members (excludes halogenated alkanes) is 4. The first-order chi connectivity index (χ1) is 13.9. The Morgan fingerprint density at radius 2 is 1.31 bits per heavy atom. The lowest BCUT2D eigenvalue weighted by molar-refractivity contribution is 0.434. The molecule has 1 atom stereocenters. The molecular weight excluding hydrogens is 384 g/mol. The van der Waals surface area contributed by atoms with E-state index in [9.17, 15) is 14.4 Å². The average molecular weight is 419 g/mol. The van der Waals surface area contributed by atoms with Crippen LogP contribution in [0.2, 0.25) is 0 Å². The van der Waals surface area contributed by atoms with Gasteiger partial charge in [-0.2, -0.15) is 0 Å². The van der Waals surface area contributed by atoms with E-state index in [4.69, 9.17) is 4.18 Å². The van der Waals surface area contributed by atoms with Crippen molar-refractivity contribution in [2.45, 2.75) is 84.0 Å². The molecule has 0 saturated carbocycles. The Kier molecular flexibility index (Phi) is 9.02. The average Bonchev–Trinajstić information content (AvgIpc) is 2.68. The van der Waals surface area contributed by atoms with E-state index >= 15 is 0 Å². The first kappa shape index (κ1) is 23.3. The molecule has 0 aliphatic rings. The first-order valence-corrected chi connectivity index (χ1v) is 11.7. The summed E-state index contributed by atoms with van der Waals surface area (Å²) in [5.74, 6) is 0.175. The third-order valence-corrected chi connectivity index (χ3v) is 6.13. The van der Waals surface area contributed by atoms with Gasteiger partial charge >= 0.3 is 0 Å². The fourth-order valence-corrected chi connectivity index (χ4v) is 4.35. The molecule has 0 spiro atoms. The normalized spacial score (nSPS) is 12.1. The second-order valence-electron chi connectivity index (χ2n) is 7.75. The van der Waals surface area contributed by atoms with Crippen molar-refractivity contribution in [1.29, 1.82) is 0 Å². The second-order valence-corrected chi connectivity index (χ2v) is 8.83. The van der Waals surface area contributed by atoms with E-state index in [1.165, 1.54) is 0 Å². The SMILES string of the molecule is CCCCCc1cc(C)c(O)c(OS(=O)c2cc(CCCCC)cc(C)c2O)c1. The van der Waals surface area contributed by atoms with Crippen LogP contribution in [0.25, 0.3) is 0 Å². The molecule has 160 valence electrons. The van der Waals surface area contributed by atoms with Gasteiger partial charge in [0.2, 0.25) is 11.1 Å². The maximum Gasteiger partial charge on any atom is 0.244 e. The van der Waals surface area contributed by atoms with Gasteiger partial charge in [-0.15, -0.1) is 0 Å². The quantitative estimate of drug-likeness (QED) is 0.421.